The minimum atomic E-state index is -0.642. The molecule has 0 aliphatic carbocycles. The first-order valence-electron chi connectivity index (χ1n) is 9.63. The number of nitrogens with one attached hydrogen (secondary N) is 2. The monoisotopic (exact) mass is 378 g/mol. The molecule has 7 heteroatoms. The zero-order chi connectivity index (χ0) is 19.7. The predicted molar refractivity (Wildman–Crippen MR) is 108 cm³/mol. The van der Waals surface area contributed by atoms with Crippen molar-refractivity contribution in [3.8, 4) is 5.75 Å². The number of morpholine rings is 1. The quantitative estimate of drug-likeness (QED) is 0.469. The van der Waals surface area contributed by atoms with Gasteiger partial charge in [-0.1, -0.05) is 12.1 Å². The Morgan fingerprint density at radius 1 is 1.33 bits per heavy atom. The van der Waals surface area contributed by atoms with E-state index in [1.54, 1.807) is 7.11 Å². The van der Waals surface area contributed by atoms with Gasteiger partial charge in [-0.3, -0.25) is 9.89 Å². The Kier molecular flexibility index (Phi) is 8.34. The summed E-state index contributed by atoms with van der Waals surface area (Å²) in [5.41, 5.74) is 0.767. The number of aliphatic imine (C=N–C) groups is 1. The van der Waals surface area contributed by atoms with Crippen molar-refractivity contribution >= 4 is 5.96 Å². The number of rotatable bonds is 8. The molecule has 1 heterocycles. The van der Waals surface area contributed by atoms with Gasteiger partial charge in [0.25, 0.3) is 0 Å². The number of guanidine groups is 1. The Bertz CT molecular complexity index is 601. The van der Waals surface area contributed by atoms with Crippen LogP contribution in [0.4, 0.5) is 0 Å². The van der Waals surface area contributed by atoms with Gasteiger partial charge >= 0.3 is 0 Å². The van der Waals surface area contributed by atoms with Crippen molar-refractivity contribution in [2.24, 2.45) is 4.99 Å². The number of methoxy groups -OCH3 is 1. The molecule has 152 valence electrons. The fourth-order valence-electron chi connectivity index (χ4n) is 3.04. The van der Waals surface area contributed by atoms with Crippen molar-refractivity contribution in [3.05, 3.63) is 29.8 Å². The molecule has 0 spiro atoms. The van der Waals surface area contributed by atoms with E-state index in [0.717, 1.165) is 44.2 Å². The summed E-state index contributed by atoms with van der Waals surface area (Å²) in [6, 6.07) is 7.48. The Hall–Kier alpha value is -1.83. The number of hydrogen-bond donors (Lipinski definition) is 3. The van der Waals surface area contributed by atoms with Crippen molar-refractivity contribution in [2.45, 2.75) is 32.4 Å². The Balaban J connectivity index is 1.94. The van der Waals surface area contributed by atoms with Crippen molar-refractivity contribution in [1.29, 1.82) is 0 Å². The van der Waals surface area contributed by atoms with Gasteiger partial charge in [-0.25, -0.2) is 0 Å². The standard InChI is InChI=1S/C20H34N4O3/c1-5-21-19(23-15-20(2,3)24-9-11-27-12-10-24)22-14-18(25)16-7-6-8-17(13-16)26-4/h6-8,13,18,25H,5,9-12,14-15H2,1-4H3,(H2,21,22,23). The van der Waals surface area contributed by atoms with E-state index in [2.05, 4.69) is 29.4 Å². The second kappa shape index (κ2) is 10.5. The number of aliphatic hydroxyl groups is 1. The summed E-state index contributed by atoms with van der Waals surface area (Å²) in [4.78, 5) is 7.15. The van der Waals surface area contributed by atoms with Gasteiger partial charge < -0.3 is 25.2 Å². The van der Waals surface area contributed by atoms with E-state index in [-0.39, 0.29) is 5.54 Å². The zero-order valence-electron chi connectivity index (χ0n) is 17.0. The molecule has 0 aromatic heterocycles. The number of aliphatic hydroxyl groups excluding tert-OH is 1. The van der Waals surface area contributed by atoms with Crippen LogP contribution >= 0.6 is 0 Å². The minimum Gasteiger partial charge on any atom is -0.497 e. The van der Waals surface area contributed by atoms with Crippen LogP contribution in [0.15, 0.2) is 29.3 Å². The maximum absolute atomic E-state index is 10.5. The van der Waals surface area contributed by atoms with E-state index >= 15 is 0 Å². The van der Waals surface area contributed by atoms with Crippen LogP contribution in [0.3, 0.4) is 0 Å². The number of hydrogen-bond acceptors (Lipinski definition) is 5. The highest BCUT2D eigenvalue weighted by atomic mass is 16.5. The number of ether oxygens (including phenoxy) is 2. The molecule has 0 bridgehead atoms. The van der Waals surface area contributed by atoms with E-state index in [1.807, 2.05) is 31.2 Å². The molecule has 3 N–H and O–H groups in total. The highest BCUT2D eigenvalue weighted by Gasteiger charge is 2.28. The molecule has 2 rings (SSSR count). The van der Waals surface area contributed by atoms with Crippen LogP contribution in [0.2, 0.25) is 0 Å². The zero-order valence-corrected chi connectivity index (χ0v) is 17.0. The van der Waals surface area contributed by atoms with Gasteiger partial charge in [-0.15, -0.1) is 0 Å². The van der Waals surface area contributed by atoms with Gasteiger partial charge in [0.2, 0.25) is 0 Å². The van der Waals surface area contributed by atoms with Crippen LogP contribution in [-0.2, 0) is 4.74 Å². The van der Waals surface area contributed by atoms with E-state index in [4.69, 9.17) is 14.5 Å². The predicted octanol–water partition coefficient (Wildman–Crippen LogP) is 1.39. The van der Waals surface area contributed by atoms with Crippen LogP contribution in [-0.4, -0.2) is 74.6 Å². The second-order valence-electron chi connectivity index (χ2n) is 7.28. The highest BCUT2D eigenvalue weighted by molar-refractivity contribution is 5.79. The van der Waals surface area contributed by atoms with Gasteiger partial charge in [-0.05, 0) is 38.5 Å². The molecule has 1 aromatic carbocycles. The largest absolute Gasteiger partial charge is 0.497 e. The molecule has 1 aromatic rings. The summed E-state index contributed by atoms with van der Waals surface area (Å²) in [7, 11) is 1.62. The topological polar surface area (TPSA) is 78.4 Å². The molecule has 1 aliphatic rings. The normalized spacial score (nSPS) is 17.4. The molecule has 1 unspecified atom stereocenters. The lowest BCUT2D eigenvalue weighted by Gasteiger charge is -2.39. The van der Waals surface area contributed by atoms with Crippen molar-refractivity contribution < 1.29 is 14.6 Å². The van der Waals surface area contributed by atoms with E-state index in [1.165, 1.54) is 0 Å². The lowest BCUT2D eigenvalue weighted by Crippen LogP contribution is -2.52. The SMILES string of the molecule is CCNC(=NCC(C)(C)N1CCOCC1)NCC(O)c1cccc(OC)c1. The first-order chi connectivity index (χ1) is 13.0. The Morgan fingerprint density at radius 2 is 2.07 bits per heavy atom. The molecule has 1 aliphatic heterocycles. The summed E-state index contributed by atoms with van der Waals surface area (Å²) in [6.45, 7) is 11.7. The average Bonchev–Trinajstić information content (AvgIpc) is 2.70. The first-order valence-corrected chi connectivity index (χ1v) is 9.63. The van der Waals surface area contributed by atoms with Crippen LogP contribution in [0.1, 0.15) is 32.4 Å². The Morgan fingerprint density at radius 3 is 2.74 bits per heavy atom. The smallest absolute Gasteiger partial charge is 0.191 e. The van der Waals surface area contributed by atoms with Crippen LogP contribution in [0, 0.1) is 0 Å². The second-order valence-corrected chi connectivity index (χ2v) is 7.28. The average molecular weight is 379 g/mol. The number of nitrogens with zero attached hydrogens (tertiary/aromatic N) is 2. The fourth-order valence-corrected chi connectivity index (χ4v) is 3.04. The van der Waals surface area contributed by atoms with E-state index in [9.17, 15) is 5.11 Å². The molecular weight excluding hydrogens is 344 g/mol. The van der Waals surface area contributed by atoms with Gasteiger partial charge in [0.15, 0.2) is 5.96 Å². The molecule has 27 heavy (non-hydrogen) atoms. The highest BCUT2D eigenvalue weighted by Crippen LogP contribution is 2.19. The summed E-state index contributed by atoms with van der Waals surface area (Å²) < 4.78 is 10.7. The molecule has 0 amide bonds. The molecule has 1 saturated heterocycles. The molecule has 1 atom stereocenters. The molecule has 0 saturated carbocycles. The number of benzene rings is 1. The third kappa shape index (κ3) is 6.68. The van der Waals surface area contributed by atoms with E-state index < -0.39 is 6.10 Å². The van der Waals surface area contributed by atoms with Gasteiger partial charge in [0.05, 0.1) is 33.0 Å². The maximum atomic E-state index is 10.5. The molecule has 1 fully saturated rings. The Labute approximate surface area is 162 Å². The van der Waals surface area contributed by atoms with Crippen LogP contribution in [0.25, 0.3) is 0 Å². The van der Waals surface area contributed by atoms with Gasteiger partial charge in [0.1, 0.15) is 5.75 Å². The van der Waals surface area contributed by atoms with Crippen LogP contribution in [0.5, 0.6) is 5.75 Å². The molecule has 7 nitrogen and oxygen atoms in total. The van der Waals surface area contributed by atoms with Crippen molar-refractivity contribution in [3.63, 3.8) is 0 Å². The van der Waals surface area contributed by atoms with Gasteiger partial charge in [-0.2, -0.15) is 0 Å². The third-order valence-electron chi connectivity index (χ3n) is 4.78. The summed E-state index contributed by atoms with van der Waals surface area (Å²) >= 11 is 0. The fraction of sp³-hybridized carbons (Fsp3) is 0.650. The lowest BCUT2D eigenvalue weighted by molar-refractivity contribution is -0.00684. The summed E-state index contributed by atoms with van der Waals surface area (Å²) in [5, 5.41) is 17.0. The summed E-state index contributed by atoms with van der Waals surface area (Å²) in [5.74, 6) is 1.44. The lowest BCUT2D eigenvalue weighted by atomic mass is 10.0. The van der Waals surface area contributed by atoms with Crippen molar-refractivity contribution in [1.82, 2.24) is 15.5 Å². The van der Waals surface area contributed by atoms with Gasteiger partial charge in [0, 0.05) is 31.7 Å². The molecular formula is C20H34N4O3. The van der Waals surface area contributed by atoms with Crippen molar-refractivity contribution in [2.75, 3.05) is 53.0 Å². The van der Waals surface area contributed by atoms with E-state index in [0.29, 0.717) is 19.0 Å². The van der Waals surface area contributed by atoms with Crippen LogP contribution < -0.4 is 15.4 Å². The maximum Gasteiger partial charge on any atom is 0.191 e. The minimum absolute atomic E-state index is 0.0441. The first kappa shape index (κ1) is 21.5. The molecule has 0 radical (unpaired) electrons. The third-order valence-corrected chi connectivity index (χ3v) is 4.78. The summed E-state index contributed by atoms with van der Waals surface area (Å²) in [6.07, 6.45) is -0.642.